The quantitative estimate of drug-likeness (QED) is 0.782. The van der Waals surface area contributed by atoms with Crippen molar-refractivity contribution in [1.29, 1.82) is 0 Å². The highest BCUT2D eigenvalue weighted by Gasteiger charge is 2.35. The molecule has 0 aromatic carbocycles. The molecule has 8 nitrogen and oxygen atoms in total. The van der Waals surface area contributed by atoms with Gasteiger partial charge in [-0.25, -0.2) is 4.98 Å². The third-order valence-corrected chi connectivity index (χ3v) is 4.40. The molecule has 146 valence electrons. The molecule has 1 atom stereocenters. The number of hydrogen-bond donors (Lipinski definition) is 2. The lowest BCUT2D eigenvalue weighted by Gasteiger charge is -2.22. The molecule has 27 heavy (non-hydrogen) atoms. The van der Waals surface area contributed by atoms with Gasteiger partial charge in [-0.3, -0.25) is 4.68 Å². The van der Waals surface area contributed by atoms with Crippen LogP contribution in [-0.4, -0.2) is 46.1 Å². The van der Waals surface area contributed by atoms with Crippen LogP contribution in [0.5, 0.6) is 5.88 Å². The summed E-state index contributed by atoms with van der Waals surface area (Å²) in [7, 11) is 0. The van der Waals surface area contributed by atoms with E-state index in [2.05, 4.69) is 25.7 Å². The van der Waals surface area contributed by atoms with E-state index in [0.29, 0.717) is 31.2 Å². The van der Waals surface area contributed by atoms with E-state index in [1.165, 1.54) is 0 Å². The third-order valence-electron chi connectivity index (χ3n) is 4.40. The highest BCUT2D eigenvalue weighted by Crippen LogP contribution is 2.35. The molecule has 2 aliphatic rings. The van der Waals surface area contributed by atoms with Crippen LogP contribution in [0.1, 0.15) is 30.9 Å². The molecule has 1 fully saturated rings. The second-order valence-corrected chi connectivity index (χ2v) is 6.41. The van der Waals surface area contributed by atoms with E-state index in [0.717, 1.165) is 25.6 Å². The summed E-state index contributed by atoms with van der Waals surface area (Å²) < 4.78 is 52.4. The van der Waals surface area contributed by atoms with Gasteiger partial charge in [0.1, 0.15) is 17.1 Å². The lowest BCUT2D eigenvalue weighted by Crippen LogP contribution is -2.21. The van der Waals surface area contributed by atoms with Crippen molar-refractivity contribution in [2.45, 2.75) is 31.5 Å². The Labute approximate surface area is 153 Å². The minimum absolute atomic E-state index is 0.0386. The summed E-state index contributed by atoms with van der Waals surface area (Å²) in [5.41, 5.74) is -0.392. The van der Waals surface area contributed by atoms with Crippen LogP contribution in [-0.2, 0) is 10.9 Å². The van der Waals surface area contributed by atoms with Gasteiger partial charge in [-0.15, -0.1) is 5.10 Å². The standard InChI is InChI=1S/C16H19F3N6O2/c17-16(18,19)11-7-21-15-22-12-8-25(10-3-1-5-26-9-10)24-14(12)27-6-2-4-20-13(11)23-15/h7-8,10H,1-6,9H2,(H2,20,21,22,23). The monoisotopic (exact) mass is 384 g/mol. The Hall–Kier alpha value is -2.56. The second-order valence-electron chi connectivity index (χ2n) is 6.41. The Morgan fingerprint density at radius 1 is 1.22 bits per heavy atom. The first-order valence-electron chi connectivity index (χ1n) is 8.75. The molecule has 0 saturated carbocycles. The first kappa shape index (κ1) is 17.8. The van der Waals surface area contributed by atoms with E-state index in [1.54, 1.807) is 10.9 Å². The summed E-state index contributed by atoms with van der Waals surface area (Å²) in [6.07, 6.45) is 0.367. The fourth-order valence-corrected chi connectivity index (χ4v) is 3.04. The number of nitrogens with zero attached hydrogens (tertiary/aromatic N) is 4. The van der Waals surface area contributed by atoms with Crippen molar-refractivity contribution in [2.24, 2.45) is 0 Å². The molecule has 1 unspecified atom stereocenters. The Balaban J connectivity index is 1.66. The van der Waals surface area contributed by atoms with E-state index < -0.39 is 11.7 Å². The van der Waals surface area contributed by atoms with Crippen LogP contribution >= 0.6 is 0 Å². The molecular formula is C16H19F3N6O2. The fraction of sp³-hybridized carbons (Fsp3) is 0.562. The van der Waals surface area contributed by atoms with Gasteiger partial charge in [0.15, 0.2) is 0 Å². The summed E-state index contributed by atoms with van der Waals surface area (Å²) >= 11 is 0. The average molecular weight is 384 g/mol. The van der Waals surface area contributed by atoms with Crippen LogP contribution < -0.4 is 15.4 Å². The smallest absolute Gasteiger partial charge is 0.421 e. The number of aromatic nitrogens is 4. The van der Waals surface area contributed by atoms with Crippen molar-refractivity contribution in [3.63, 3.8) is 0 Å². The van der Waals surface area contributed by atoms with Gasteiger partial charge in [0.25, 0.3) is 5.88 Å². The zero-order chi connectivity index (χ0) is 18.9. The Bertz CT molecular complexity index is 804. The largest absolute Gasteiger partial charge is 0.475 e. The van der Waals surface area contributed by atoms with Gasteiger partial charge in [-0.05, 0) is 19.3 Å². The summed E-state index contributed by atoms with van der Waals surface area (Å²) in [5.74, 6) is 0.153. The third kappa shape index (κ3) is 3.92. The number of halogens is 3. The molecule has 0 spiro atoms. The molecule has 0 amide bonds. The lowest BCUT2D eigenvalue weighted by atomic mass is 10.1. The molecule has 11 heteroatoms. The Morgan fingerprint density at radius 2 is 2.11 bits per heavy atom. The molecule has 2 aromatic heterocycles. The first-order valence-corrected chi connectivity index (χ1v) is 8.75. The van der Waals surface area contributed by atoms with Gasteiger partial charge >= 0.3 is 6.18 Å². The van der Waals surface area contributed by atoms with Gasteiger partial charge in [-0.1, -0.05) is 0 Å². The van der Waals surface area contributed by atoms with Crippen LogP contribution in [0.15, 0.2) is 12.4 Å². The highest BCUT2D eigenvalue weighted by molar-refractivity contribution is 5.61. The first-order chi connectivity index (χ1) is 13.0. The zero-order valence-corrected chi connectivity index (χ0v) is 14.4. The molecule has 1 saturated heterocycles. The molecule has 2 N–H and O–H groups in total. The Kier molecular flexibility index (Phi) is 4.77. The van der Waals surface area contributed by atoms with Gasteiger partial charge in [0.2, 0.25) is 5.95 Å². The summed E-state index contributed by atoms with van der Waals surface area (Å²) in [6, 6.07) is 0.0929. The number of anilines is 3. The number of ether oxygens (including phenoxy) is 2. The van der Waals surface area contributed by atoms with E-state index in [9.17, 15) is 13.2 Å². The van der Waals surface area contributed by atoms with Crippen molar-refractivity contribution in [1.82, 2.24) is 19.7 Å². The van der Waals surface area contributed by atoms with Gasteiger partial charge in [0, 0.05) is 19.3 Å². The maximum absolute atomic E-state index is 13.1. The summed E-state index contributed by atoms with van der Waals surface area (Å²) in [6.45, 7) is 1.89. The second kappa shape index (κ2) is 7.22. The molecule has 0 aliphatic carbocycles. The minimum Gasteiger partial charge on any atom is -0.475 e. The summed E-state index contributed by atoms with van der Waals surface area (Å²) in [4.78, 5) is 7.79. The maximum atomic E-state index is 13.1. The van der Waals surface area contributed by atoms with Crippen LogP contribution in [0.3, 0.4) is 0 Å². The van der Waals surface area contributed by atoms with Crippen molar-refractivity contribution in [3.05, 3.63) is 18.0 Å². The molecule has 0 radical (unpaired) electrons. The number of hydrogen-bond acceptors (Lipinski definition) is 7. The molecule has 2 bridgehead atoms. The number of alkyl halides is 3. The van der Waals surface area contributed by atoms with E-state index in [1.807, 2.05) is 0 Å². The van der Waals surface area contributed by atoms with E-state index in [4.69, 9.17) is 9.47 Å². The lowest BCUT2D eigenvalue weighted by molar-refractivity contribution is -0.137. The maximum Gasteiger partial charge on any atom is 0.421 e. The van der Waals surface area contributed by atoms with Crippen molar-refractivity contribution < 1.29 is 22.6 Å². The summed E-state index contributed by atoms with van der Waals surface area (Å²) in [5, 5.41) is 10.1. The minimum atomic E-state index is -4.53. The number of nitrogens with one attached hydrogen (secondary N) is 2. The average Bonchev–Trinajstić information content (AvgIpc) is 3.03. The van der Waals surface area contributed by atoms with Crippen LogP contribution in [0.4, 0.5) is 30.6 Å². The normalized spacial score (nSPS) is 20.5. The van der Waals surface area contributed by atoms with Gasteiger partial charge in [0.05, 0.1) is 25.5 Å². The molecule has 2 aromatic rings. The molecule has 4 heterocycles. The predicted octanol–water partition coefficient (Wildman–Crippen LogP) is 2.98. The topological polar surface area (TPSA) is 86.1 Å². The van der Waals surface area contributed by atoms with Crippen molar-refractivity contribution in [2.75, 3.05) is 37.0 Å². The fourth-order valence-electron chi connectivity index (χ4n) is 3.04. The zero-order valence-electron chi connectivity index (χ0n) is 14.4. The van der Waals surface area contributed by atoms with Crippen LogP contribution in [0.2, 0.25) is 0 Å². The molecule has 4 rings (SSSR count). The van der Waals surface area contributed by atoms with Crippen LogP contribution in [0.25, 0.3) is 0 Å². The highest BCUT2D eigenvalue weighted by atomic mass is 19.4. The number of rotatable bonds is 1. The Morgan fingerprint density at radius 3 is 2.89 bits per heavy atom. The van der Waals surface area contributed by atoms with Crippen molar-refractivity contribution >= 4 is 17.5 Å². The SMILES string of the molecule is FC(F)(F)c1cnc2nc1NCCCOc1nn(C3CCCOC3)cc1N2. The van der Waals surface area contributed by atoms with E-state index >= 15 is 0 Å². The van der Waals surface area contributed by atoms with Gasteiger partial charge in [-0.2, -0.15) is 18.2 Å². The molecule has 2 aliphatic heterocycles. The van der Waals surface area contributed by atoms with E-state index in [-0.39, 0.29) is 24.4 Å². The predicted molar refractivity (Wildman–Crippen MR) is 90.2 cm³/mol. The van der Waals surface area contributed by atoms with Crippen molar-refractivity contribution in [3.8, 4) is 5.88 Å². The number of fused-ring (bicyclic) bond motifs is 3. The molecular weight excluding hydrogens is 365 g/mol. The van der Waals surface area contributed by atoms with Crippen LogP contribution in [0, 0.1) is 0 Å². The van der Waals surface area contributed by atoms with Gasteiger partial charge < -0.3 is 20.1 Å².